The molecule has 7 nitrogen and oxygen atoms in total. The molecular weight excluding hydrogens is 548 g/mol. The summed E-state index contributed by atoms with van der Waals surface area (Å²) in [5.74, 6) is -0.584. The van der Waals surface area contributed by atoms with Crippen LogP contribution >= 0.6 is 0 Å². The Labute approximate surface area is 255 Å². The number of hydrogen-bond donors (Lipinski definition) is 4. The number of hydrogen-bond acceptors (Lipinski definition) is 3. The van der Waals surface area contributed by atoms with E-state index < -0.39 is 0 Å². The van der Waals surface area contributed by atoms with Crippen molar-refractivity contribution >= 4 is 27.8 Å². The van der Waals surface area contributed by atoms with E-state index in [1.54, 1.807) is 9.80 Å². The van der Waals surface area contributed by atoms with Gasteiger partial charge in [0.15, 0.2) is 11.5 Å². The van der Waals surface area contributed by atoms with Gasteiger partial charge in [0, 0.05) is 36.3 Å². The summed E-state index contributed by atoms with van der Waals surface area (Å²) >= 11 is 0. The van der Waals surface area contributed by atoms with Gasteiger partial charge < -0.3 is 20.2 Å². The largest absolute Gasteiger partial charge is 0.503 e. The number of carbonyl (C=O) groups excluding carboxylic acids is 1. The van der Waals surface area contributed by atoms with Gasteiger partial charge in [-0.3, -0.25) is 9.80 Å². The maximum atomic E-state index is 14.8. The molecule has 0 bridgehead atoms. The first-order valence-electron chi connectivity index (χ1n) is 14.7. The van der Waals surface area contributed by atoms with Crippen molar-refractivity contribution in [1.29, 1.82) is 0 Å². The number of aliphatic hydroxyl groups excluding tert-OH is 2. The van der Waals surface area contributed by atoms with Gasteiger partial charge in [-0.2, -0.15) is 0 Å². The highest BCUT2D eigenvalue weighted by Gasteiger charge is 2.36. The summed E-state index contributed by atoms with van der Waals surface area (Å²) < 4.78 is 0. The molecule has 218 valence electrons. The smallest absolute Gasteiger partial charge is 0.329 e. The Hall–Kier alpha value is -5.69. The number of benzene rings is 4. The van der Waals surface area contributed by atoms with Gasteiger partial charge in [0.1, 0.15) is 0 Å². The molecule has 1 aliphatic heterocycles. The summed E-state index contributed by atoms with van der Waals surface area (Å²) in [6.45, 7) is 0.427. The molecule has 4 aromatic carbocycles. The standard InChI is InChI=1S/C37H32N4O3/c42-35-33(21-25-7-3-1-4-8-25)40(23-27-11-13-31-29(19-27)15-17-38-31)37(44)41(24-28-12-14-32-30(20-28)16-18-39-32)34(36(35)43)22-26-9-5-2-6-10-26/h1-20,38-39,42-43H,21-24H2. The summed E-state index contributed by atoms with van der Waals surface area (Å²) in [5, 5.41) is 25.6. The Morgan fingerprint density at radius 2 is 0.955 bits per heavy atom. The monoisotopic (exact) mass is 580 g/mol. The number of nitrogens with zero attached hydrogens (tertiary/aromatic N) is 2. The number of nitrogens with one attached hydrogen (secondary N) is 2. The molecule has 0 unspecified atom stereocenters. The number of fused-ring (bicyclic) bond motifs is 2. The van der Waals surface area contributed by atoms with Crippen LogP contribution in [0.5, 0.6) is 0 Å². The molecule has 44 heavy (non-hydrogen) atoms. The Morgan fingerprint density at radius 3 is 1.39 bits per heavy atom. The molecule has 6 aromatic rings. The molecule has 0 aliphatic carbocycles. The lowest BCUT2D eigenvalue weighted by molar-refractivity contribution is 0.171. The number of aliphatic hydroxyl groups is 2. The van der Waals surface area contributed by atoms with Crippen molar-refractivity contribution in [2.24, 2.45) is 0 Å². The van der Waals surface area contributed by atoms with E-state index in [2.05, 4.69) is 9.97 Å². The fraction of sp³-hybridized carbons (Fsp3) is 0.108. The van der Waals surface area contributed by atoms with Crippen LogP contribution in [0.1, 0.15) is 22.3 Å². The fourth-order valence-electron chi connectivity index (χ4n) is 5.94. The van der Waals surface area contributed by atoms with E-state index in [0.29, 0.717) is 11.4 Å². The normalized spacial score (nSPS) is 14.2. The van der Waals surface area contributed by atoms with Crippen LogP contribution in [0.25, 0.3) is 21.8 Å². The SMILES string of the molecule is O=C1N(Cc2ccc3[nH]ccc3c2)C(Cc2ccccc2)=C(O)C(O)=C(Cc2ccccc2)N1Cc1ccc2[nH]ccc2c1. The summed E-state index contributed by atoms with van der Waals surface area (Å²) in [6.07, 6.45) is 4.30. The van der Waals surface area contributed by atoms with Gasteiger partial charge in [-0.05, 0) is 69.4 Å². The first-order chi connectivity index (χ1) is 21.5. The second-order valence-electron chi connectivity index (χ2n) is 11.2. The Balaban J connectivity index is 1.35. The summed E-state index contributed by atoms with van der Waals surface area (Å²) in [5.41, 5.74) is 6.35. The van der Waals surface area contributed by atoms with E-state index in [1.807, 2.05) is 122 Å². The number of carbonyl (C=O) groups is 1. The Morgan fingerprint density at radius 1 is 0.523 bits per heavy atom. The van der Waals surface area contributed by atoms with Crippen molar-refractivity contribution in [2.45, 2.75) is 25.9 Å². The molecule has 4 N–H and O–H groups in total. The molecule has 7 rings (SSSR count). The lowest BCUT2D eigenvalue weighted by atomic mass is 10.0. The van der Waals surface area contributed by atoms with Crippen molar-refractivity contribution in [3.05, 3.63) is 167 Å². The Bertz CT molecular complexity index is 1880. The van der Waals surface area contributed by atoms with Crippen LogP contribution in [0.2, 0.25) is 0 Å². The van der Waals surface area contributed by atoms with Crippen LogP contribution in [0.15, 0.2) is 145 Å². The Kier molecular flexibility index (Phi) is 7.12. The summed E-state index contributed by atoms with van der Waals surface area (Å²) in [4.78, 5) is 24.5. The average Bonchev–Trinajstić information content (AvgIpc) is 3.72. The molecule has 1 aliphatic rings. The maximum absolute atomic E-state index is 14.8. The third-order valence-corrected chi connectivity index (χ3v) is 8.23. The minimum absolute atomic E-state index is 0.214. The number of urea groups is 1. The van der Waals surface area contributed by atoms with E-state index in [1.165, 1.54) is 0 Å². The summed E-state index contributed by atoms with van der Waals surface area (Å²) in [7, 11) is 0. The van der Waals surface area contributed by atoms with Gasteiger partial charge in [-0.25, -0.2) is 4.79 Å². The topological polar surface area (TPSA) is 95.6 Å². The quantitative estimate of drug-likeness (QED) is 0.146. The van der Waals surface area contributed by atoms with E-state index in [0.717, 1.165) is 44.1 Å². The van der Waals surface area contributed by atoms with Crippen LogP contribution in [0.4, 0.5) is 4.79 Å². The van der Waals surface area contributed by atoms with Crippen LogP contribution < -0.4 is 0 Å². The second kappa shape index (κ2) is 11.5. The number of allylic oxidation sites excluding steroid dienone is 2. The molecule has 7 heteroatoms. The van der Waals surface area contributed by atoms with E-state index in [-0.39, 0.29) is 43.5 Å². The fourth-order valence-corrected chi connectivity index (χ4v) is 5.94. The van der Waals surface area contributed by atoms with Crippen LogP contribution in [-0.2, 0) is 25.9 Å². The first kappa shape index (κ1) is 27.2. The number of aromatic amines is 2. The van der Waals surface area contributed by atoms with Crippen molar-refractivity contribution in [2.75, 3.05) is 0 Å². The minimum atomic E-state index is -0.319. The van der Waals surface area contributed by atoms with Gasteiger partial charge in [0.25, 0.3) is 0 Å². The molecule has 0 atom stereocenters. The van der Waals surface area contributed by atoms with E-state index in [4.69, 9.17) is 0 Å². The van der Waals surface area contributed by atoms with Gasteiger partial charge in [0.05, 0.1) is 24.5 Å². The van der Waals surface area contributed by atoms with Crippen LogP contribution in [0.3, 0.4) is 0 Å². The van der Waals surface area contributed by atoms with Crippen molar-refractivity contribution in [3.63, 3.8) is 0 Å². The predicted molar refractivity (Wildman–Crippen MR) is 173 cm³/mol. The maximum Gasteiger partial charge on any atom is 0.329 e. The summed E-state index contributed by atoms with van der Waals surface area (Å²) in [6, 6.07) is 35.1. The van der Waals surface area contributed by atoms with E-state index in [9.17, 15) is 15.0 Å². The lowest BCUT2D eigenvalue weighted by Crippen LogP contribution is -2.41. The van der Waals surface area contributed by atoms with Gasteiger partial charge in [-0.15, -0.1) is 0 Å². The van der Waals surface area contributed by atoms with Crippen LogP contribution in [0, 0.1) is 0 Å². The zero-order valence-electron chi connectivity index (χ0n) is 24.1. The molecule has 0 saturated heterocycles. The highest BCUT2D eigenvalue weighted by Crippen LogP contribution is 2.33. The molecule has 0 radical (unpaired) electrons. The molecule has 0 fully saturated rings. The van der Waals surface area contributed by atoms with Gasteiger partial charge in [0.2, 0.25) is 0 Å². The molecular formula is C37H32N4O3. The number of aromatic nitrogens is 2. The minimum Gasteiger partial charge on any atom is -0.503 e. The molecule has 3 heterocycles. The molecule has 0 spiro atoms. The first-order valence-corrected chi connectivity index (χ1v) is 14.7. The average molecular weight is 581 g/mol. The molecule has 2 aromatic heterocycles. The van der Waals surface area contributed by atoms with Gasteiger partial charge >= 0.3 is 6.03 Å². The number of rotatable bonds is 8. The zero-order valence-corrected chi connectivity index (χ0v) is 24.1. The van der Waals surface area contributed by atoms with E-state index >= 15 is 0 Å². The van der Waals surface area contributed by atoms with Crippen LogP contribution in [-0.4, -0.2) is 36.0 Å². The lowest BCUT2D eigenvalue weighted by Gasteiger charge is -2.31. The highest BCUT2D eigenvalue weighted by atomic mass is 16.3. The number of H-pyrrole nitrogens is 2. The van der Waals surface area contributed by atoms with Crippen molar-refractivity contribution in [1.82, 2.24) is 19.8 Å². The zero-order chi connectivity index (χ0) is 30.0. The number of amides is 2. The van der Waals surface area contributed by atoms with Crippen molar-refractivity contribution < 1.29 is 15.0 Å². The molecule has 0 saturated carbocycles. The second-order valence-corrected chi connectivity index (χ2v) is 11.2. The van der Waals surface area contributed by atoms with Gasteiger partial charge in [-0.1, -0.05) is 72.8 Å². The third kappa shape index (κ3) is 5.31. The van der Waals surface area contributed by atoms with Crippen molar-refractivity contribution in [3.8, 4) is 0 Å². The predicted octanol–water partition coefficient (Wildman–Crippen LogP) is 8.11. The molecule has 2 amide bonds. The highest BCUT2D eigenvalue weighted by molar-refractivity contribution is 5.83. The third-order valence-electron chi connectivity index (χ3n) is 8.23.